The summed E-state index contributed by atoms with van der Waals surface area (Å²) in [5.74, 6) is -6.36. The van der Waals surface area contributed by atoms with Crippen LogP contribution in [0.3, 0.4) is 0 Å². The van der Waals surface area contributed by atoms with Crippen LogP contribution in [-0.2, 0) is 9.59 Å². The van der Waals surface area contributed by atoms with E-state index in [1.165, 1.54) is 18.4 Å². The minimum atomic E-state index is -1.39. The molecule has 23 heavy (non-hydrogen) atoms. The zero-order valence-corrected chi connectivity index (χ0v) is 11.5. The number of benzene rings is 1. The van der Waals surface area contributed by atoms with Gasteiger partial charge in [-0.05, 0) is 12.1 Å². The molecule has 2 aromatic rings. The average Bonchev–Trinajstić information content (AvgIpc) is 3.02. The molecule has 3 N–H and O–H groups in total. The van der Waals surface area contributed by atoms with Crippen LogP contribution >= 0.6 is 0 Å². The molecule has 1 heterocycles. The molecule has 0 saturated heterocycles. The van der Waals surface area contributed by atoms with Crippen molar-refractivity contribution in [3.05, 3.63) is 53.7 Å². The van der Waals surface area contributed by atoms with E-state index in [1.54, 1.807) is 5.32 Å². The molecule has 2 amide bonds. The smallest absolute Gasteiger partial charge is 0.313 e. The number of furan rings is 1. The molecule has 0 saturated carbocycles. The first-order chi connectivity index (χ1) is 10.9. The van der Waals surface area contributed by atoms with Gasteiger partial charge in [0.1, 0.15) is 23.3 Å². The van der Waals surface area contributed by atoms with Gasteiger partial charge in [0.05, 0.1) is 12.9 Å². The van der Waals surface area contributed by atoms with Gasteiger partial charge in [0, 0.05) is 12.1 Å². The molecule has 2 rings (SSSR count). The van der Waals surface area contributed by atoms with E-state index >= 15 is 0 Å². The molecule has 1 aromatic carbocycles. The van der Waals surface area contributed by atoms with Crippen LogP contribution in [0.15, 0.2) is 34.9 Å². The summed E-state index contributed by atoms with van der Waals surface area (Å²) in [6.07, 6.45) is 1.30. The summed E-state index contributed by atoms with van der Waals surface area (Å²) in [6.45, 7) is -0.564. The lowest BCUT2D eigenvalue weighted by Crippen LogP contribution is -2.39. The highest BCUT2D eigenvalue weighted by atomic mass is 19.1. The second-order valence-corrected chi connectivity index (χ2v) is 4.42. The van der Waals surface area contributed by atoms with Crippen molar-refractivity contribution in [1.29, 1.82) is 0 Å². The normalized spacial score (nSPS) is 11.8. The molecule has 0 spiro atoms. The Morgan fingerprint density at radius 3 is 2.35 bits per heavy atom. The van der Waals surface area contributed by atoms with Crippen molar-refractivity contribution in [1.82, 2.24) is 5.32 Å². The molecule has 0 fully saturated rings. The first kappa shape index (κ1) is 16.6. The fourth-order valence-electron chi connectivity index (χ4n) is 1.75. The highest BCUT2D eigenvalue weighted by Crippen LogP contribution is 2.20. The first-order valence-electron chi connectivity index (χ1n) is 6.33. The highest BCUT2D eigenvalue weighted by Gasteiger charge is 2.23. The molecule has 1 unspecified atom stereocenters. The summed E-state index contributed by atoms with van der Waals surface area (Å²) in [5.41, 5.74) is -0.954. The third-order valence-electron chi connectivity index (χ3n) is 2.83. The average molecular weight is 328 g/mol. The summed E-state index contributed by atoms with van der Waals surface area (Å²) < 4.78 is 44.5. The number of amides is 2. The Morgan fingerprint density at radius 1 is 1.17 bits per heavy atom. The van der Waals surface area contributed by atoms with Crippen molar-refractivity contribution in [2.24, 2.45) is 0 Å². The number of anilines is 1. The molecule has 6 nitrogen and oxygen atoms in total. The van der Waals surface area contributed by atoms with E-state index in [9.17, 15) is 22.8 Å². The zero-order valence-electron chi connectivity index (χ0n) is 11.5. The van der Waals surface area contributed by atoms with Gasteiger partial charge < -0.3 is 20.2 Å². The lowest BCUT2D eigenvalue weighted by atomic mass is 10.2. The van der Waals surface area contributed by atoms with E-state index in [1.807, 2.05) is 0 Å². The second-order valence-electron chi connectivity index (χ2n) is 4.42. The Morgan fingerprint density at radius 2 is 1.83 bits per heavy atom. The van der Waals surface area contributed by atoms with Crippen molar-refractivity contribution < 1.29 is 32.3 Å². The second kappa shape index (κ2) is 6.97. The van der Waals surface area contributed by atoms with Crippen LogP contribution in [0.1, 0.15) is 11.8 Å². The number of rotatable bonds is 4. The van der Waals surface area contributed by atoms with E-state index in [2.05, 4.69) is 5.32 Å². The van der Waals surface area contributed by atoms with Crippen LogP contribution in [0.2, 0.25) is 0 Å². The van der Waals surface area contributed by atoms with Crippen LogP contribution < -0.4 is 10.6 Å². The lowest BCUT2D eigenvalue weighted by molar-refractivity contribution is -0.136. The molecular weight excluding hydrogens is 317 g/mol. The predicted molar refractivity (Wildman–Crippen MR) is 71.6 cm³/mol. The van der Waals surface area contributed by atoms with E-state index in [4.69, 9.17) is 9.52 Å². The number of nitrogens with one attached hydrogen (secondary N) is 2. The number of halogens is 3. The molecule has 122 valence electrons. The van der Waals surface area contributed by atoms with Gasteiger partial charge in [-0.3, -0.25) is 9.59 Å². The van der Waals surface area contributed by atoms with Gasteiger partial charge in [0.2, 0.25) is 0 Å². The molecule has 9 heteroatoms. The maximum Gasteiger partial charge on any atom is 0.313 e. The molecule has 0 aliphatic rings. The molecule has 0 radical (unpaired) electrons. The van der Waals surface area contributed by atoms with Crippen LogP contribution in [0.4, 0.5) is 18.9 Å². The van der Waals surface area contributed by atoms with E-state index < -0.39 is 47.6 Å². The maximum absolute atomic E-state index is 13.4. The van der Waals surface area contributed by atoms with Crippen LogP contribution in [-0.4, -0.2) is 23.5 Å². The first-order valence-corrected chi connectivity index (χ1v) is 6.33. The minimum absolute atomic E-state index is 0.188. The van der Waals surface area contributed by atoms with Gasteiger partial charge in [-0.25, -0.2) is 13.2 Å². The van der Waals surface area contributed by atoms with Crippen LogP contribution in [0.5, 0.6) is 0 Å². The van der Waals surface area contributed by atoms with Gasteiger partial charge >= 0.3 is 11.8 Å². The van der Waals surface area contributed by atoms with Crippen molar-refractivity contribution in [3.8, 4) is 0 Å². The highest BCUT2D eigenvalue weighted by molar-refractivity contribution is 6.39. The van der Waals surface area contributed by atoms with E-state index in [0.717, 1.165) is 0 Å². The number of aliphatic hydroxyl groups is 1. The van der Waals surface area contributed by atoms with Gasteiger partial charge in [-0.2, -0.15) is 0 Å². The Balaban J connectivity index is 2.07. The van der Waals surface area contributed by atoms with Crippen molar-refractivity contribution in [2.45, 2.75) is 6.04 Å². The fraction of sp³-hybridized carbons (Fsp3) is 0.143. The Labute approximate surface area is 127 Å². The molecule has 1 aromatic heterocycles. The van der Waals surface area contributed by atoms with Crippen molar-refractivity contribution in [2.75, 3.05) is 11.9 Å². The van der Waals surface area contributed by atoms with Crippen LogP contribution in [0, 0.1) is 17.5 Å². The quantitative estimate of drug-likeness (QED) is 0.742. The molecule has 0 aliphatic carbocycles. The Hall–Kier alpha value is -2.81. The van der Waals surface area contributed by atoms with Crippen molar-refractivity contribution >= 4 is 17.5 Å². The molecule has 0 aliphatic heterocycles. The van der Waals surface area contributed by atoms with Crippen LogP contribution in [0.25, 0.3) is 0 Å². The monoisotopic (exact) mass is 328 g/mol. The SMILES string of the molecule is O=C(Nc1c(F)cc(F)cc1F)C(=O)NC(CO)c1ccco1. The lowest BCUT2D eigenvalue weighted by Gasteiger charge is -2.14. The zero-order chi connectivity index (χ0) is 17.0. The predicted octanol–water partition coefficient (Wildman–Crippen LogP) is 1.49. The fourth-order valence-corrected chi connectivity index (χ4v) is 1.75. The summed E-state index contributed by atoms with van der Waals surface area (Å²) in [4.78, 5) is 23.4. The largest absolute Gasteiger partial charge is 0.467 e. The summed E-state index contributed by atoms with van der Waals surface area (Å²) in [6, 6.07) is 2.67. The third-order valence-corrected chi connectivity index (χ3v) is 2.83. The third kappa shape index (κ3) is 3.89. The number of hydrogen-bond acceptors (Lipinski definition) is 4. The van der Waals surface area contributed by atoms with Crippen molar-refractivity contribution in [3.63, 3.8) is 0 Å². The van der Waals surface area contributed by atoms with E-state index in [-0.39, 0.29) is 5.76 Å². The molecule has 0 bridgehead atoms. The number of carbonyl (C=O) groups is 2. The summed E-state index contributed by atoms with van der Waals surface area (Å²) in [7, 11) is 0. The number of hydrogen-bond donors (Lipinski definition) is 3. The summed E-state index contributed by atoms with van der Waals surface area (Å²) in [5, 5.41) is 13.0. The van der Waals surface area contributed by atoms with Gasteiger partial charge in [0.15, 0.2) is 11.6 Å². The molecule has 1 atom stereocenters. The Kier molecular flexibility index (Phi) is 5.02. The number of carbonyl (C=O) groups excluding carboxylic acids is 2. The number of aliphatic hydroxyl groups excluding tert-OH is 1. The summed E-state index contributed by atoms with van der Waals surface area (Å²) >= 11 is 0. The topological polar surface area (TPSA) is 91.6 Å². The van der Waals surface area contributed by atoms with Gasteiger partial charge in [0.25, 0.3) is 0 Å². The standard InChI is InChI=1S/C14H11F3N2O4/c15-7-4-8(16)12(9(17)5-7)19-14(22)13(21)18-10(6-20)11-2-1-3-23-11/h1-5,10,20H,6H2,(H,18,21)(H,19,22). The minimum Gasteiger partial charge on any atom is -0.467 e. The van der Waals surface area contributed by atoms with Gasteiger partial charge in [-0.1, -0.05) is 0 Å². The maximum atomic E-state index is 13.4. The van der Waals surface area contributed by atoms with E-state index in [0.29, 0.717) is 12.1 Å². The molecular formula is C14H11F3N2O4. The van der Waals surface area contributed by atoms with Gasteiger partial charge in [-0.15, -0.1) is 0 Å². The Bertz CT molecular complexity index is 696.